The van der Waals surface area contributed by atoms with Crippen LogP contribution in [-0.2, 0) is 0 Å². The van der Waals surface area contributed by atoms with Crippen LogP contribution in [0.1, 0.15) is 35.4 Å². The Morgan fingerprint density at radius 1 is 1.58 bits per heavy atom. The summed E-state index contributed by atoms with van der Waals surface area (Å²) in [6, 6.07) is 3.86. The van der Waals surface area contributed by atoms with Gasteiger partial charge in [0, 0.05) is 6.42 Å². The van der Waals surface area contributed by atoms with Crippen molar-refractivity contribution in [2.45, 2.75) is 25.7 Å². The molecule has 12 heavy (non-hydrogen) atoms. The van der Waals surface area contributed by atoms with E-state index in [1.807, 2.05) is 17.5 Å². The summed E-state index contributed by atoms with van der Waals surface area (Å²) in [5.41, 5.74) is 0. The Kier molecular flexibility index (Phi) is 2.26. The number of carbonyl (C=O) groups is 1. The van der Waals surface area contributed by atoms with Gasteiger partial charge in [0.25, 0.3) is 0 Å². The van der Waals surface area contributed by atoms with Gasteiger partial charge in [-0.05, 0) is 23.8 Å². The zero-order chi connectivity index (χ0) is 8.39. The van der Waals surface area contributed by atoms with Crippen LogP contribution in [0.5, 0.6) is 0 Å². The highest BCUT2D eigenvalue weighted by Crippen LogP contribution is 2.34. The minimum atomic E-state index is 0.330. The smallest absolute Gasteiger partial charge is 0.172 e. The van der Waals surface area contributed by atoms with Gasteiger partial charge in [-0.25, -0.2) is 0 Å². The third-order valence-electron chi connectivity index (χ3n) is 2.27. The number of rotatable bonds is 4. The van der Waals surface area contributed by atoms with Crippen LogP contribution in [0.15, 0.2) is 17.5 Å². The van der Waals surface area contributed by atoms with Crippen molar-refractivity contribution in [2.24, 2.45) is 5.92 Å². The fourth-order valence-corrected chi connectivity index (χ4v) is 2.00. The van der Waals surface area contributed by atoms with Crippen LogP contribution in [0.2, 0.25) is 0 Å². The van der Waals surface area contributed by atoms with Crippen LogP contribution in [0.4, 0.5) is 0 Å². The Balaban J connectivity index is 1.83. The van der Waals surface area contributed by atoms with Crippen molar-refractivity contribution in [3.63, 3.8) is 0 Å². The first-order chi connectivity index (χ1) is 5.86. The van der Waals surface area contributed by atoms with E-state index in [1.54, 1.807) is 11.3 Å². The predicted octanol–water partition coefficient (Wildman–Crippen LogP) is 3.12. The zero-order valence-electron chi connectivity index (χ0n) is 6.95. The monoisotopic (exact) mass is 180 g/mol. The van der Waals surface area contributed by atoms with Crippen LogP contribution in [-0.4, -0.2) is 5.78 Å². The van der Waals surface area contributed by atoms with Gasteiger partial charge in [0.1, 0.15) is 0 Å². The average Bonchev–Trinajstić information content (AvgIpc) is 2.74. The van der Waals surface area contributed by atoms with Gasteiger partial charge in [-0.15, -0.1) is 11.3 Å². The quantitative estimate of drug-likeness (QED) is 0.651. The Labute approximate surface area is 76.4 Å². The van der Waals surface area contributed by atoms with Crippen molar-refractivity contribution in [1.82, 2.24) is 0 Å². The molecular formula is C10H12OS. The fraction of sp³-hybridized carbons (Fsp3) is 0.500. The lowest BCUT2D eigenvalue weighted by atomic mass is 10.1. The molecule has 2 rings (SSSR count). The molecule has 0 aromatic carbocycles. The first-order valence-electron chi connectivity index (χ1n) is 4.43. The lowest BCUT2D eigenvalue weighted by molar-refractivity contribution is 0.0982. The van der Waals surface area contributed by atoms with Gasteiger partial charge >= 0.3 is 0 Å². The lowest BCUT2D eigenvalue weighted by Crippen LogP contribution is -1.95. The van der Waals surface area contributed by atoms with Gasteiger partial charge < -0.3 is 0 Å². The maximum Gasteiger partial charge on any atom is 0.172 e. The molecule has 1 aliphatic carbocycles. The van der Waals surface area contributed by atoms with E-state index in [9.17, 15) is 4.79 Å². The number of Topliss-reactive ketones (excluding diaryl/α,β-unsaturated/α-hetero) is 1. The second-order valence-corrected chi connectivity index (χ2v) is 4.33. The van der Waals surface area contributed by atoms with E-state index in [2.05, 4.69) is 0 Å². The second kappa shape index (κ2) is 3.40. The Hall–Kier alpha value is -0.630. The third-order valence-corrected chi connectivity index (χ3v) is 3.18. The molecule has 0 amide bonds. The minimum absolute atomic E-state index is 0.330. The molecule has 0 radical (unpaired) electrons. The van der Waals surface area contributed by atoms with E-state index in [-0.39, 0.29) is 0 Å². The highest BCUT2D eigenvalue weighted by Gasteiger charge is 2.22. The molecule has 0 bridgehead atoms. The fourth-order valence-electron chi connectivity index (χ4n) is 1.30. The van der Waals surface area contributed by atoms with E-state index < -0.39 is 0 Å². The summed E-state index contributed by atoms with van der Waals surface area (Å²) < 4.78 is 0. The van der Waals surface area contributed by atoms with Gasteiger partial charge in [-0.2, -0.15) is 0 Å². The van der Waals surface area contributed by atoms with Crippen LogP contribution in [0.25, 0.3) is 0 Å². The average molecular weight is 180 g/mol. The van der Waals surface area contributed by atoms with Crippen molar-refractivity contribution in [2.75, 3.05) is 0 Å². The molecule has 0 saturated heterocycles. The van der Waals surface area contributed by atoms with E-state index in [4.69, 9.17) is 0 Å². The molecule has 1 aromatic heterocycles. The Bertz CT molecular complexity index is 259. The molecular weight excluding hydrogens is 168 g/mol. The van der Waals surface area contributed by atoms with Gasteiger partial charge in [0.05, 0.1) is 4.88 Å². The molecule has 64 valence electrons. The molecule has 1 fully saturated rings. The lowest BCUT2D eigenvalue weighted by Gasteiger charge is -1.94. The van der Waals surface area contributed by atoms with Crippen molar-refractivity contribution in [3.8, 4) is 0 Å². The van der Waals surface area contributed by atoms with Gasteiger partial charge in [0.15, 0.2) is 5.78 Å². The van der Waals surface area contributed by atoms with E-state index in [0.29, 0.717) is 5.78 Å². The standard InChI is InChI=1S/C10H12OS/c11-9(6-5-8-3-4-8)10-2-1-7-12-10/h1-2,7-8H,3-6H2. The number of hydrogen-bond donors (Lipinski definition) is 0. The summed E-state index contributed by atoms with van der Waals surface area (Å²) >= 11 is 1.55. The first-order valence-corrected chi connectivity index (χ1v) is 5.31. The maximum absolute atomic E-state index is 11.4. The van der Waals surface area contributed by atoms with Gasteiger partial charge in [-0.1, -0.05) is 18.9 Å². The predicted molar refractivity (Wildman–Crippen MR) is 50.6 cm³/mol. The second-order valence-electron chi connectivity index (χ2n) is 3.38. The van der Waals surface area contributed by atoms with Crippen LogP contribution in [0.3, 0.4) is 0 Å². The summed E-state index contributed by atoms with van der Waals surface area (Å²) in [7, 11) is 0. The van der Waals surface area contributed by atoms with E-state index in [1.165, 1.54) is 12.8 Å². The molecule has 1 aliphatic rings. The molecule has 0 spiro atoms. The van der Waals surface area contributed by atoms with Crippen LogP contribution < -0.4 is 0 Å². The molecule has 0 atom stereocenters. The van der Waals surface area contributed by atoms with E-state index >= 15 is 0 Å². The zero-order valence-corrected chi connectivity index (χ0v) is 7.77. The minimum Gasteiger partial charge on any atom is -0.293 e. The van der Waals surface area contributed by atoms with Crippen LogP contribution >= 0.6 is 11.3 Å². The SMILES string of the molecule is O=C(CCC1CC1)c1cccs1. The Morgan fingerprint density at radius 2 is 2.42 bits per heavy atom. The summed E-state index contributed by atoms with van der Waals surface area (Å²) in [5.74, 6) is 1.20. The number of thiophene rings is 1. The molecule has 1 aromatic rings. The van der Waals surface area contributed by atoms with Crippen molar-refractivity contribution >= 4 is 17.1 Å². The van der Waals surface area contributed by atoms with Crippen LogP contribution in [0, 0.1) is 5.92 Å². The number of hydrogen-bond acceptors (Lipinski definition) is 2. The molecule has 1 saturated carbocycles. The molecule has 0 N–H and O–H groups in total. The van der Waals surface area contributed by atoms with Crippen molar-refractivity contribution < 1.29 is 4.79 Å². The Morgan fingerprint density at radius 3 is 3.00 bits per heavy atom. The van der Waals surface area contributed by atoms with E-state index in [0.717, 1.165) is 23.6 Å². The molecule has 0 unspecified atom stereocenters. The molecule has 1 nitrogen and oxygen atoms in total. The molecule has 2 heteroatoms. The third kappa shape index (κ3) is 1.95. The number of ketones is 1. The maximum atomic E-state index is 11.4. The topological polar surface area (TPSA) is 17.1 Å². The van der Waals surface area contributed by atoms with Gasteiger partial charge in [0.2, 0.25) is 0 Å². The summed E-state index contributed by atoms with van der Waals surface area (Å²) in [5, 5.41) is 1.96. The highest BCUT2D eigenvalue weighted by atomic mass is 32.1. The van der Waals surface area contributed by atoms with Crippen molar-refractivity contribution in [1.29, 1.82) is 0 Å². The van der Waals surface area contributed by atoms with Gasteiger partial charge in [-0.3, -0.25) is 4.79 Å². The summed E-state index contributed by atoms with van der Waals surface area (Å²) in [4.78, 5) is 12.4. The van der Waals surface area contributed by atoms with Crippen molar-refractivity contribution in [3.05, 3.63) is 22.4 Å². The highest BCUT2D eigenvalue weighted by molar-refractivity contribution is 7.12. The normalized spacial score (nSPS) is 16.3. The largest absolute Gasteiger partial charge is 0.293 e. The number of carbonyl (C=O) groups excluding carboxylic acids is 1. The summed E-state index contributed by atoms with van der Waals surface area (Å²) in [6.07, 6.45) is 4.55. The molecule has 1 heterocycles. The molecule has 0 aliphatic heterocycles. The first kappa shape index (κ1) is 7.99. The summed E-state index contributed by atoms with van der Waals surface area (Å²) in [6.45, 7) is 0.